The molecule has 0 aliphatic heterocycles. The summed E-state index contributed by atoms with van der Waals surface area (Å²) in [6, 6.07) is 0. The van der Waals surface area contributed by atoms with Crippen molar-refractivity contribution in [2.45, 2.75) is 374 Å². The summed E-state index contributed by atoms with van der Waals surface area (Å²) >= 11 is 0. The van der Waals surface area contributed by atoms with E-state index in [1.165, 1.54) is 154 Å². The zero-order valence-electron chi connectivity index (χ0n) is 59.2. The van der Waals surface area contributed by atoms with Gasteiger partial charge in [0.15, 0.2) is 12.2 Å². The van der Waals surface area contributed by atoms with Crippen LogP contribution in [-0.2, 0) is 65.4 Å². The molecule has 0 bridgehead atoms. The molecule has 17 nitrogen and oxygen atoms in total. The first-order valence-corrected chi connectivity index (χ1v) is 40.4. The third-order valence-electron chi connectivity index (χ3n) is 16.4. The number of allylic oxidation sites excluding steroid dienone is 4. The predicted octanol–water partition coefficient (Wildman–Crippen LogP) is 20.9. The molecule has 92 heavy (non-hydrogen) atoms. The number of phosphoric acid groups is 2. The third kappa shape index (κ3) is 66.2. The van der Waals surface area contributed by atoms with E-state index in [1.807, 2.05) is 0 Å². The molecule has 0 amide bonds. The van der Waals surface area contributed by atoms with Crippen LogP contribution in [0.1, 0.15) is 356 Å². The number of phosphoric ester groups is 2. The van der Waals surface area contributed by atoms with Crippen LogP contribution in [0.3, 0.4) is 0 Å². The molecule has 0 aromatic rings. The highest BCUT2D eigenvalue weighted by Gasteiger charge is 2.30. The lowest BCUT2D eigenvalue weighted by Crippen LogP contribution is -2.30. The normalized spacial score (nSPS) is 14.2. The van der Waals surface area contributed by atoms with Crippen molar-refractivity contribution in [3.05, 3.63) is 24.3 Å². The van der Waals surface area contributed by atoms with E-state index in [0.29, 0.717) is 31.6 Å². The maximum atomic E-state index is 13.1. The van der Waals surface area contributed by atoms with Crippen LogP contribution >= 0.6 is 15.6 Å². The first kappa shape index (κ1) is 89.5. The molecule has 19 heteroatoms. The van der Waals surface area contributed by atoms with Crippen LogP contribution in [0.25, 0.3) is 0 Å². The van der Waals surface area contributed by atoms with Crippen LogP contribution in [0.5, 0.6) is 0 Å². The fraction of sp³-hybridized carbons (Fsp3) is 0.890. The summed E-state index contributed by atoms with van der Waals surface area (Å²) in [5.41, 5.74) is 0. The molecule has 0 aliphatic carbocycles. The van der Waals surface area contributed by atoms with Gasteiger partial charge in [0.05, 0.1) is 26.4 Å². The van der Waals surface area contributed by atoms with E-state index < -0.39 is 97.5 Å². The summed E-state index contributed by atoms with van der Waals surface area (Å²) < 4.78 is 68.1. The van der Waals surface area contributed by atoms with Crippen molar-refractivity contribution in [1.29, 1.82) is 0 Å². The molecule has 0 rings (SSSR count). The second kappa shape index (κ2) is 65.8. The highest BCUT2D eigenvalue weighted by Crippen LogP contribution is 2.45. The van der Waals surface area contributed by atoms with Crippen molar-refractivity contribution in [3.8, 4) is 0 Å². The summed E-state index contributed by atoms with van der Waals surface area (Å²) in [5, 5.41) is 10.6. The lowest BCUT2D eigenvalue weighted by Gasteiger charge is -2.21. The van der Waals surface area contributed by atoms with E-state index >= 15 is 0 Å². The maximum Gasteiger partial charge on any atom is 0.472 e. The van der Waals surface area contributed by atoms with Crippen molar-refractivity contribution in [1.82, 2.24) is 0 Å². The molecule has 0 fully saturated rings. The number of rotatable bonds is 71. The molecule has 3 N–H and O–H groups in total. The number of hydrogen-bond donors (Lipinski definition) is 3. The molecule has 0 aromatic carbocycles. The van der Waals surface area contributed by atoms with E-state index in [-0.39, 0.29) is 25.7 Å². The minimum absolute atomic E-state index is 0.100. The average Bonchev–Trinajstić information content (AvgIpc) is 3.40. The third-order valence-corrected chi connectivity index (χ3v) is 18.3. The van der Waals surface area contributed by atoms with Gasteiger partial charge in [-0.25, -0.2) is 9.13 Å². The minimum Gasteiger partial charge on any atom is -0.462 e. The highest BCUT2D eigenvalue weighted by atomic mass is 31.2. The number of hydrogen-bond acceptors (Lipinski definition) is 15. The first-order valence-electron chi connectivity index (χ1n) is 37.5. The Bertz CT molecular complexity index is 1860. The SMILES string of the molecule is CCCCCC/C=C\C=C/CCCCCCCC(=O)OC[C@H](COP(=O)(O)OC[C@@H](O)COP(=O)(O)OC[C@@H](COC(=O)CCCCCCC)OC(=O)CCCCCCCCCC(C)C)OC(=O)CCCCCCCCCCCCCCCCCCCCCCCC. The van der Waals surface area contributed by atoms with E-state index in [4.69, 9.17) is 37.0 Å². The van der Waals surface area contributed by atoms with Gasteiger partial charge in [-0.3, -0.25) is 37.3 Å². The van der Waals surface area contributed by atoms with Crippen LogP contribution < -0.4 is 0 Å². The van der Waals surface area contributed by atoms with Crippen molar-refractivity contribution < 1.29 is 80.2 Å². The van der Waals surface area contributed by atoms with Gasteiger partial charge in [0.25, 0.3) is 0 Å². The van der Waals surface area contributed by atoms with Gasteiger partial charge in [-0.05, 0) is 57.3 Å². The molecule has 0 spiro atoms. The lowest BCUT2D eigenvalue weighted by atomic mass is 10.0. The lowest BCUT2D eigenvalue weighted by molar-refractivity contribution is -0.161. The van der Waals surface area contributed by atoms with Gasteiger partial charge in [0.2, 0.25) is 0 Å². The number of carbonyl (C=O) groups is 4. The monoisotopic (exact) mass is 1350 g/mol. The van der Waals surface area contributed by atoms with Crippen molar-refractivity contribution in [3.63, 3.8) is 0 Å². The number of unbranched alkanes of at least 4 members (excludes halogenated alkanes) is 40. The smallest absolute Gasteiger partial charge is 0.462 e. The Morgan fingerprint density at radius 3 is 0.891 bits per heavy atom. The molecule has 542 valence electrons. The summed E-state index contributed by atoms with van der Waals surface area (Å²) in [4.78, 5) is 72.3. The molecule has 0 aliphatic rings. The van der Waals surface area contributed by atoms with Crippen molar-refractivity contribution in [2.75, 3.05) is 39.6 Å². The van der Waals surface area contributed by atoms with Gasteiger partial charge in [-0.1, -0.05) is 303 Å². The van der Waals surface area contributed by atoms with Gasteiger partial charge < -0.3 is 33.8 Å². The average molecular weight is 1350 g/mol. The fourth-order valence-electron chi connectivity index (χ4n) is 10.6. The zero-order valence-corrected chi connectivity index (χ0v) is 61.0. The first-order chi connectivity index (χ1) is 44.5. The highest BCUT2D eigenvalue weighted by molar-refractivity contribution is 7.47. The quantitative estimate of drug-likeness (QED) is 0.0169. The number of carbonyl (C=O) groups excluding carboxylic acids is 4. The van der Waals surface area contributed by atoms with E-state index in [0.717, 1.165) is 116 Å². The largest absolute Gasteiger partial charge is 0.472 e. The van der Waals surface area contributed by atoms with Crippen molar-refractivity contribution >= 4 is 39.5 Å². The van der Waals surface area contributed by atoms with Crippen LogP contribution in [0.4, 0.5) is 0 Å². The van der Waals surface area contributed by atoms with Crippen LogP contribution in [0, 0.1) is 5.92 Å². The van der Waals surface area contributed by atoms with Gasteiger partial charge >= 0.3 is 39.5 Å². The Kier molecular flexibility index (Phi) is 64.0. The molecular formula is C73H138O17P2. The van der Waals surface area contributed by atoms with E-state index in [1.54, 1.807) is 0 Å². The second-order valence-corrected chi connectivity index (χ2v) is 29.0. The van der Waals surface area contributed by atoms with Crippen LogP contribution in [0.15, 0.2) is 24.3 Å². The number of aliphatic hydroxyl groups is 1. The van der Waals surface area contributed by atoms with Gasteiger partial charge in [0, 0.05) is 25.7 Å². The molecular weight excluding hydrogens is 1210 g/mol. The standard InChI is InChI=1S/C73H138O17P2/c1-6-9-12-15-17-19-21-23-25-26-27-28-29-30-31-33-35-37-39-43-48-53-58-72(77)90-69(63-84-71(76)57-52-47-42-38-36-34-32-24-22-20-18-16-13-10-7-2)65-88-92(81,82)86-61-67(74)60-85-91(79,80)87-64-68(62-83-70(75)56-51-45-14-11-8-3)89-73(78)59-54-49-44-40-41-46-50-55-66(4)5/h20,22,24,32,66-69,74H,6-19,21,23,25-31,33-65H2,1-5H3,(H,79,80)(H,81,82)/b22-20-,32-24-/t67-,68+,69+/m0/s1. The van der Waals surface area contributed by atoms with Gasteiger partial charge in [-0.15, -0.1) is 0 Å². The fourth-order valence-corrected chi connectivity index (χ4v) is 12.2. The number of ether oxygens (including phenoxy) is 4. The summed E-state index contributed by atoms with van der Waals surface area (Å²) in [6.45, 7) is 7.03. The number of esters is 4. The topological polar surface area (TPSA) is 237 Å². The maximum absolute atomic E-state index is 13.1. The predicted molar refractivity (Wildman–Crippen MR) is 372 cm³/mol. The molecule has 0 heterocycles. The van der Waals surface area contributed by atoms with E-state index in [2.05, 4.69) is 58.9 Å². The second-order valence-electron chi connectivity index (χ2n) is 26.1. The Balaban J connectivity index is 5.13. The Hall–Kier alpha value is -2.46. The molecule has 0 saturated heterocycles. The Morgan fingerprint density at radius 2 is 0.587 bits per heavy atom. The van der Waals surface area contributed by atoms with Crippen molar-refractivity contribution in [2.24, 2.45) is 5.92 Å². The molecule has 0 radical (unpaired) electrons. The molecule has 0 saturated carbocycles. The number of aliphatic hydroxyl groups excluding tert-OH is 1. The summed E-state index contributed by atoms with van der Waals surface area (Å²) in [7, 11) is -9.90. The Labute approximate surface area is 561 Å². The minimum atomic E-state index is -4.96. The van der Waals surface area contributed by atoms with Crippen LogP contribution in [0.2, 0.25) is 0 Å². The van der Waals surface area contributed by atoms with E-state index in [9.17, 15) is 43.2 Å². The Morgan fingerprint density at radius 1 is 0.337 bits per heavy atom. The zero-order chi connectivity index (χ0) is 67.7. The van der Waals surface area contributed by atoms with Crippen LogP contribution in [-0.4, -0.2) is 96.7 Å². The summed E-state index contributed by atoms with van der Waals surface area (Å²) in [6.07, 6.45) is 57.1. The molecule has 2 unspecified atom stereocenters. The molecule has 0 aromatic heterocycles. The molecule has 5 atom stereocenters. The van der Waals surface area contributed by atoms with Gasteiger partial charge in [-0.2, -0.15) is 0 Å². The van der Waals surface area contributed by atoms with Gasteiger partial charge in [0.1, 0.15) is 19.3 Å². The summed E-state index contributed by atoms with van der Waals surface area (Å²) in [5.74, 6) is -1.47.